The normalized spacial score (nSPS) is 41.1. The second-order valence-electron chi connectivity index (χ2n) is 11.2. The summed E-state index contributed by atoms with van der Waals surface area (Å²) in [5.41, 5.74) is 5.97. The fourth-order valence-electron chi connectivity index (χ4n) is 8.30. The third kappa shape index (κ3) is 2.36. The summed E-state index contributed by atoms with van der Waals surface area (Å²) in [6, 6.07) is 9.18. The second kappa shape index (κ2) is 6.41. The zero-order chi connectivity index (χ0) is 21.6. The topological polar surface area (TPSA) is 34.5 Å². The van der Waals surface area contributed by atoms with Crippen molar-refractivity contribution in [1.82, 2.24) is 4.98 Å². The van der Waals surface area contributed by atoms with Crippen molar-refractivity contribution < 1.29 is 4.74 Å². The van der Waals surface area contributed by atoms with Crippen molar-refractivity contribution in [3.05, 3.63) is 65.5 Å². The van der Waals surface area contributed by atoms with Crippen LogP contribution in [-0.4, -0.2) is 28.9 Å². The van der Waals surface area contributed by atoms with Crippen LogP contribution in [0, 0.1) is 11.3 Å². The highest BCUT2D eigenvalue weighted by Crippen LogP contribution is 2.69. The highest BCUT2D eigenvalue weighted by molar-refractivity contribution is 5.88. The number of rotatable bonds is 1. The largest absolute Gasteiger partial charge is 0.359 e. The zero-order valence-electron chi connectivity index (χ0n) is 19.2. The summed E-state index contributed by atoms with van der Waals surface area (Å²) in [4.78, 5) is 8.97. The molecule has 5 atom stereocenters. The van der Waals surface area contributed by atoms with E-state index < -0.39 is 0 Å². The Morgan fingerprint density at radius 1 is 1.09 bits per heavy atom. The van der Waals surface area contributed by atoms with E-state index in [2.05, 4.69) is 53.3 Å². The summed E-state index contributed by atoms with van der Waals surface area (Å²) in [6.07, 6.45) is 18.3. The van der Waals surface area contributed by atoms with E-state index >= 15 is 0 Å². The van der Waals surface area contributed by atoms with Gasteiger partial charge in [0, 0.05) is 37.0 Å². The third-order valence-corrected chi connectivity index (χ3v) is 9.90. The van der Waals surface area contributed by atoms with Gasteiger partial charge in [0.05, 0.1) is 11.2 Å². The van der Waals surface area contributed by atoms with Crippen molar-refractivity contribution >= 4 is 16.5 Å². The number of benzene rings is 1. The van der Waals surface area contributed by atoms with Crippen LogP contribution in [0.15, 0.2) is 64.9 Å². The average Bonchev–Trinajstić information content (AvgIpc) is 3.33. The molecule has 0 radical (unpaired) electrons. The lowest BCUT2D eigenvalue weighted by Gasteiger charge is -2.54. The Bertz CT molecular complexity index is 1220. The number of hydrogen-bond donors (Lipinski definition) is 0. The molecule has 0 amide bonds. The Morgan fingerprint density at radius 2 is 2.03 bits per heavy atom. The molecule has 2 bridgehead atoms. The van der Waals surface area contributed by atoms with E-state index in [0.717, 1.165) is 32.1 Å². The molecular formula is C29H32N2O. The SMILES string of the molecule is C/N=C1\CCC2=CC3=CC[C@]4(C)[C@@H](c5ccc6ccncc6c5)CC[C@H]4[C@@]34CC[C@]2(C1)O4. The van der Waals surface area contributed by atoms with Crippen LogP contribution in [0.5, 0.6) is 0 Å². The van der Waals surface area contributed by atoms with Gasteiger partial charge in [0.1, 0.15) is 0 Å². The van der Waals surface area contributed by atoms with Gasteiger partial charge in [0.2, 0.25) is 0 Å². The Morgan fingerprint density at radius 3 is 2.94 bits per heavy atom. The monoisotopic (exact) mass is 424 g/mol. The Hall–Kier alpha value is -2.26. The molecule has 2 aliphatic heterocycles. The second-order valence-corrected chi connectivity index (χ2v) is 11.2. The van der Waals surface area contributed by atoms with E-state index in [1.54, 1.807) is 5.57 Å². The first-order valence-electron chi connectivity index (χ1n) is 12.5. The molecule has 2 spiro atoms. The van der Waals surface area contributed by atoms with Gasteiger partial charge in [0.25, 0.3) is 0 Å². The van der Waals surface area contributed by atoms with Crippen molar-refractivity contribution in [1.29, 1.82) is 0 Å². The molecule has 3 fully saturated rings. The summed E-state index contributed by atoms with van der Waals surface area (Å²) < 4.78 is 7.32. The lowest BCUT2D eigenvalue weighted by molar-refractivity contribution is -0.126. The number of nitrogens with zero attached hydrogens (tertiary/aromatic N) is 2. The first-order chi connectivity index (χ1) is 15.6. The van der Waals surface area contributed by atoms with E-state index in [0.29, 0.717) is 11.8 Å². The van der Waals surface area contributed by atoms with Crippen molar-refractivity contribution in [3.63, 3.8) is 0 Å². The maximum Gasteiger partial charge on any atom is 0.0975 e. The Labute approximate surface area is 190 Å². The predicted molar refractivity (Wildman–Crippen MR) is 129 cm³/mol. The van der Waals surface area contributed by atoms with Crippen molar-refractivity contribution in [2.75, 3.05) is 7.05 Å². The number of pyridine rings is 1. The van der Waals surface area contributed by atoms with Crippen molar-refractivity contribution in [2.45, 2.75) is 75.4 Å². The molecule has 5 aliphatic rings. The fourth-order valence-corrected chi connectivity index (χ4v) is 8.30. The van der Waals surface area contributed by atoms with Crippen molar-refractivity contribution in [3.8, 4) is 0 Å². The minimum atomic E-state index is -0.0835. The van der Waals surface area contributed by atoms with Crippen LogP contribution in [-0.2, 0) is 4.74 Å². The molecule has 7 rings (SSSR count). The fraction of sp³-hybridized carbons (Fsp3) is 0.517. The van der Waals surface area contributed by atoms with Crippen LogP contribution in [0.3, 0.4) is 0 Å². The minimum Gasteiger partial charge on any atom is -0.359 e. The first kappa shape index (κ1) is 19.2. The van der Waals surface area contributed by atoms with E-state index in [-0.39, 0.29) is 16.6 Å². The van der Waals surface area contributed by atoms with E-state index in [1.807, 2.05) is 19.4 Å². The molecule has 0 unspecified atom stereocenters. The summed E-state index contributed by atoms with van der Waals surface area (Å²) in [5, 5.41) is 2.54. The van der Waals surface area contributed by atoms with E-state index in [4.69, 9.17) is 4.74 Å². The first-order valence-corrected chi connectivity index (χ1v) is 12.5. The van der Waals surface area contributed by atoms with Crippen LogP contribution in [0.2, 0.25) is 0 Å². The van der Waals surface area contributed by atoms with Gasteiger partial charge in [-0.05, 0) is 96.4 Å². The highest BCUT2D eigenvalue weighted by atomic mass is 16.5. The summed E-state index contributed by atoms with van der Waals surface area (Å²) in [5.74, 6) is 1.17. The quantitative estimate of drug-likeness (QED) is 0.520. The van der Waals surface area contributed by atoms with Crippen LogP contribution < -0.4 is 0 Å². The molecule has 2 aromatic rings. The van der Waals surface area contributed by atoms with Gasteiger partial charge in [0.15, 0.2) is 0 Å². The van der Waals surface area contributed by atoms with Gasteiger partial charge >= 0.3 is 0 Å². The molecule has 3 aliphatic carbocycles. The molecule has 1 saturated heterocycles. The zero-order valence-corrected chi connectivity index (χ0v) is 19.2. The molecular weight excluding hydrogens is 392 g/mol. The van der Waals surface area contributed by atoms with E-state index in [9.17, 15) is 0 Å². The number of allylic oxidation sites excluding steroid dienone is 1. The predicted octanol–water partition coefficient (Wildman–Crippen LogP) is 6.55. The molecule has 1 aromatic heterocycles. The summed E-state index contributed by atoms with van der Waals surface area (Å²) in [7, 11) is 1.96. The van der Waals surface area contributed by atoms with Crippen molar-refractivity contribution in [2.24, 2.45) is 16.3 Å². The number of aliphatic imine (C=N–C) groups is 1. The molecule has 3 nitrogen and oxygen atoms in total. The molecule has 3 heterocycles. The van der Waals surface area contributed by atoms with Gasteiger partial charge in [-0.1, -0.05) is 31.2 Å². The molecule has 32 heavy (non-hydrogen) atoms. The number of ether oxygens (including phenoxy) is 1. The maximum absolute atomic E-state index is 7.32. The van der Waals surface area contributed by atoms with Gasteiger partial charge in [-0.15, -0.1) is 0 Å². The van der Waals surface area contributed by atoms with Gasteiger partial charge in [-0.3, -0.25) is 9.98 Å². The lowest BCUT2D eigenvalue weighted by Crippen LogP contribution is -2.53. The van der Waals surface area contributed by atoms with Gasteiger partial charge < -0.3 is 4.74 Å². The Balaban J connectivity index is 1.30. The summed E-state index contributed by atoms with van der Waals surface area (Å²) in [6.45, 7) is 2.55. The summed E-state index contributed by atoms with van der Waals surface area (Å²) >= 11 is 0. The molecule has 2 saturated carbocycles. The lowest BCUT2D eigenvalue weighted by atomic mass is 9.58. The molecule has 164 valence electrons. The number of hydrogen-bond acceptors (Lipinski definition) is 3. The van der Waals surface area contributed by atoms with Crippen LogP contribution >= 0.6 is 0 Å². The average molecular weight is 425 g/mol. The molecule has 3 heteroatoms. The van der Waals surface area contributed by atoms with Crippen LogP contribution in [0.1, 0.15) is 69.8 Å². The maximum atomic E-state index is 7.32. The Kier molecular flexibility index (Phi) is 3.85. The standard InChI is InChI=1S/C29H32N2O/c1-27-11-9-23-16-22-5-6-24(30-2)17-28(22)12-13-29(23,32-28)26(27)8-7-25(27)20-4-3-19-10-14-31-18-21(19)15-20/h3-4,9-10,14-16,18,25-26H,5-8,11-13,17H2,1-2H3/b30-24+/t25-,26-,27-,28-,29-/m1/s1. The van der Waals surface area contributed by atoms with Gasteiger partial charge in [-0.25, -0.2) is 0 Å². The van der Waals surface area contributed by atoms with E-state index in [1.165, 1.54) is 46.9 Å². The minimum absolute atomic E-state index is 0.0740. The van der Waals surface area contributed by atoms with Crippen LogP contribution in [0.4, 0.5) is 0 Å². The highest BCUT2D eigenvalue weighted by Gasteiger charge is 2.66. The number of fused-ring (bicyclic) bond motifs is 2. The third-order valence-electron chi connectivity index (χ3n) is 9.90. The van der Waals surface area contributed by atoms with Gasteiger partial charge in [-0.2, -0.15) is 0 Å². The molecule has 1 aromatic carbocycles. The van der Waals surface area contributed by atoms with Crippen LogP contribution in [0.25, 0.3) is 10.8 Å². The molecule has 0 N–H and O–H groups in total. The smallest absolute Gasteiger partial charge is 0.0975 e. The number of aromatic nitrogens is 1.